The highest BCUT2D eigenvalue weighted by atomic mass is 79.9. The van der Waals surface area contributed by atoms with Gasteiger partial charge in [-0.15, -0.1) is 0 Å². The molecule has 1 saturated heterocycles. The number of allylic oxidation sites excluding steroid dienone is 2. The van der Waals surface area contributed by atoms with Crippen molar-refractivity contribution in [1.29, 1.82) is 0 Å². The standard InChI is InChI=1S/C22H30BrN3O3/c1-16-18(17-4-2-3-5-20(17)23)14-21(28)19(22(16)29)15-24-6-7-25-8-10-26(11-9-25)12-13-27/h2-5,15-16,18,27,29H,6-14H2,1H3. The highest BCUT2D eigenvalue weighted by Crippen LogP contribution is 2.40. The number of nitrogens with zero attached hydrogens (tertiary/aromatic N) is 3. The van der Waals surface area contributed by atoms with E-state index in [1.807, 2.05) is 31.2 Å². The summed E-state index contributed by atoms with van der Waals surface area (Å²) in [5, 5.41) is 19.7. The van der Waals surface area contributed by atoms with Gasteiger partial charge in [0, 0.05) is 68.2 Å². The molecule has 1 heterocycles. The molecule has 0 radical (unpaired) electrons. The number of rotatable bonds is 7. The third-order valence-electron chi connectivity index (χ3n) is 5.97. The van der Waals surface area contributed by atoms with E-state index in [-0.39, 0.29) is 30.0 Å². The van der Waals surface area contributed by atoms with Gasteiger partial charge < -0.3 is 10.2 Å². The van der Waals surface area contributed by atoms with Gasteiger partial charge in [0.2, 0.25) is 0 Å². The van der Waals surface area contributed by atoms with Gasteiger partial charge in [-0.1, -0.05) is 41.1 Å². The number of hydrogen-bond acceptors (Lipinski definition) is 6. The zero-order valence-electron chi connectivity index (χ0n) is 16.9. The highest BCUT2D eigenvalue weighted by molar-refractivity contribution is 9.10. The number of hydrogen-bond donors (Lipinski definition) is 2. The molecule has 3 rings (SSSR count). The van der Waals surface area contributed by atoms with Crippen molar-refractivity contribution in [2.24, 2.45) is 10.9 Å². The molecule has 1 fully saturated rings. The molecule has 2 aliphatic rings. The number of aliphatic imine (C=N–C) groups is 1. The van der Waals surface area contributed by atoms with Crippen molar-refractivity contribution in [1.82, 2.24) is 9.80 Å². The van der Waals surface area contributed by atoms with Gasteiger partial charge in [-0.2, -0.15) is 0 Å². The van der Waals surface area contributed by atoms with Crippen LogP contribution in [0, 0.1) is 5.92 Å². The van der Waals surface area contributed by atoms with Gasteiger partial charge >= 0.3 is 0 Å². The molecule has 6 nitrogen and oxygen atoms in total. The predicted molar refractivity (Wildman–Crippen MR) is 119 cm³/mol. The van der Waals surface area contributed by atoms with Gasteiger partial charge in [0.05, 0.1) is 18.7 Å². The molecule has 0 bridgehead atoms. The minimum Gasteiger partial charge on any atom is -0.511 e. The molecule has 0 spiro atoms. The largest absolute Gasteiger partial charge is 0.511 e. The zero-order valence-corrected chi connectivity index (χ0v) is 18.5. The van der Waals surface area contributed by atoms with Gasteiger partial charge in [-0.3, -0.25) is 19.6 Å². The summed E-state index contributed by atoms with van der Waals surface area (Å²) in [7, 11) is 0. The van der Waals surface area contributed by atoms with Crippen LogP contribution < -0.4 is 0 Å². The number of Topliss-reactive ketones (excluding diaryl/α,β-unsaturated/α-hetero) is 1. The minimum absolute atomic E-state index is 0.0366. The maximum absolute atomic E-state index is 12.7. The average molecular weight is 464 g/mol. The fourth-order valence-corrected chi connectivity index (χ4v) is 4.67. The van der Waals surface area contributed by atoms with E-state index < -0.39 is 0 Å². The average Bonchev–Trinajstić information content (AvgIpc) is 2.72. The molecular formula is C22H30BrN3O3. The quantitative estimate of drug-likeness (QED) is 0.607. The third kappa shape index (κ3) is 5.54. The van der Waals surface area contributed by atoms with Crippen molar-refractivity contribution in [3.8, 4) is 0 Å². The lowest BCUT2D eigenvalue weighted by atomic mass is 9.76. The molecule has 1 aromatic carbocycles. The van der Waals surface area contributed by atoms with Crippen molar-refractivity contribution in [3.05, 3.63) is 45.6 Å². The van der Waals surface area contributed by atoms with Crippen LogP contribution in [0.25, 0.3) is 0 Å². The number of benzene rings is 1. The molecule has 158 valence electrons. The first-order valence-corrected chi connectivity index (χ1v) is 11.1. The van der Waals surface area contributed by atoms with E-state index in [2.05, 4.69) is 30.7 Å². The Hall–Kier alpha value is -1.54. The number of piperazine rings is 1. The lowest BCUT2D eigenvalue weighted by Gasteiger charge is -2.33. The lowest BCUT2D eigenvalue weighted by Crippen LogP contribution is -2.47. The Morgan fingerprint density at radius 2 is 1.83 bits per heavy atom. The van der Waals surface area contributed by atoms with E-state index >= 15 is 0 Å². The Morgan fingerprint density at radius 3 is 2.48 bits per heavy atom. The summed E-state index contributed by atoms with van der Waals surface area (Å²) in [6.07, 6.45) is 1.94. The van der Waals surface area contributed by atoms with Gasteiger partial charge in [-0.25, -0.2) is 0 Å². The summed E-state index contributed by atoms with van der Waals surface area (Å²) in [6, 6.07) is 7.88. The molecule has 0 saturated carbocycles. The molecule has 1 aliphatic heterocycles. The second-order valence-corrected chi connectivity index (χ2v) is 8.64. The Morgan fingerprint density at radius 1 is 1.17 bits per heavy atom. The maximum atomic E-state index is 12.7. The summed E-state index contributed by atoms with van der Waals surface area (Å²) in [6.45, 7) is 8.20. The molecular weight excluding hydrogens is 434 g/mol. The van der Waals surface area contributed by atoms with Crippen LogP contribution in [-0.4, -0.2) is 84.4 Å². The summed E-state index contributed by atoms with van der Waals surface area (Å²) < 4.78 is 0.966. The van der Waals surface area contributed by atoms with E-state index in [1.165, 1.54) is 0 Å². The SMILES string of the molecule is CC1C(O)=C(C=NCCN2CCN(CCO)CC2)C(=O)CC1c1ccccc1Br. The summed E-state index contributed by atoms with van der Waals surface area (Å²) in [5.74, 6) is -0.0796. The zero-order chi connectivity index (χ0) is 20.8. The van der Waals surface area contributed by atoms with Crippen LogP contribution in [0.3, 0.4) is 0 Å². The summed E-state index contributed by atoms with van der Waals surface area (Å²) in [5.41, 5.74) is 1.41. The maximum Gasteiger partial charge on any atom is 0.168 e. The van der Waals surface area contributed by atoms with E-state index in [4.69, 9.17) is 5.11 Å². The smallest absolute Gasteiger partial charge is 0.168 e. The number of aliphatic hydroxyl groups is 2. The first kappa shape index (κ1) is 22.2. The van der Waals surface area contributed by atoms with Crippen LogP contribution in [0.2, 0.25) is 0 Å². The second kappa shape index (κ2) is 10.5. The molecule has 2 unspecified atom stereocenters. The number of β-amino-alcohol motifs (C(OH)–C–C–N with tert-alkyl or cyclic N) is 1. The Balaban J connectivity index is 1.57. The van der Waals surface area contributed by atoms with Crippen molar-refractivity contribution >= 4 is 27.9 Å². The van der Waals surface area contributed by atoms with E-state index in [0.29, 0.717) is 18.5 Å². The summed E-state index contributed by atoms with van der Waals surface area (Å²) in [4.78, 5) is 21.7. The van der Waals surface area contributed by atoms with Crippen molar-refractivity contribution in [2.45, 2.75) is 19.3 Å². The normalized spacial score (nSPS) is 24.6. The predicted octanol–water partition coefficient (Wildman–Crippen LogP) is 2.63. The van der Waals surface area contributed by atoms with Gasteiger partial charge in [0.25, 0.3) is 0 Å². The minimum atomic E-state index is -0.132. The van der Waals surface area contributed by atoms with Crippen molar-refractivity contribution < 1.29 is 15.0 Å². The van der Waals surface area contributed by atoms with Gasteiger partial charge in [-0.05, 0) is 11.6 Å². The first-order chi connectivity index (χ1) is 14.0. The van der Waals surface area contributed by atoms with Crippen molar-refractivity contribution in [2.75, 3.05) is 52.4 Å². The second-order valence-electron chi connectivity index (χ2n) is 7.79. The summed E-state index contributed by atoms with van der Waals surface area (Å²) >= 11 is 3.56. The first-order valence-electron chi connectivity index (χ1n) is 10.3. The number of halogens is 1. The fraction of sp³-hybridized carbons (Fsp3) is 0.545. The molecule has 7 heteroatoms. The highest BCUT2D eigenvalue weighted by Gasteiger charge is 2.34. The molecule has 0 aromatic heterocycles. The van der Waals surface area contributed by atoms with Gasteiger partial charge in [0.1, 0.15) is 5.76 Å². The van der Waals surface area contributed by atoms with E-state index in [1.54, 1.807) is 6.21 Å². The Kier molecular flexibility index (Phi) is 8.00. The number of carbonyl (C=O) groups is 1. The molecule has 29 heavy (non-hydrogen) atoms. The molecule has 2 N–H and O–H groups in total. The Labute approximate surface area is 181 Å². The molecule has 1 aromatic rings. The van der Waals surface area contributed by atoms with Crippen LogP contribution >= 0.6 is 15.9 Å². The Bertz CT molecular complexity index is 772. The van der Waals surface area contributed by atoms with Crippen LogP contribution in [-0.2, 0) is 4.79 Å². The van der Waals surface area contributed by atoms with Gasteiger partial charge in [0.15, 0.2) is 5.78 Å². The number of ketones is 1. The third-order valence-corrected chi connectivity index (χ3v) is 6.69. The van der Waals surface area contributed by atoms with E-state index in [0.717, 1.165) is 49.3 Å². The van der Waals surface area contributed by atoms with Crippen LogP contribution in [0.4, 0.5) is 0 Å². The van der Waals surface area contributed by atoms with Crippen LogP contribution in [0.5, 0.6) is 0 Å². The molecule has 0 amide bonds. The molecule has 2 atom stereocenters. The van der Waals surface area contributed by atoms with E-state index in [9.17, 15) is 9.90 Å². The monoisotopic (exact) mass is 463 g/mol. The molecule has 1 aliphatic carbocycles. The topological polar surface area (TPSA) is 76.4 Å². The fourth-order valence-electron chi connectivity index (χ4n) is 4.09. The number of aliphatic hydroxyl groups excluding tert-OH is 2. The van der Waals surface area contributed by atoms with Crippen molar-refractivity contribution in [3.63, 3.8) is 0 Å². The number of carbonyl (C=O) groups excluding carboxylic acids is 1. The lowest BCUT2D eigenvalue weighted by molar-refractivity contribution is -0.116. The van der Waals surface area contributed by atoms with Crippen LogP contribution in [0.15, 0.2) is 45.1 Å². The van der Waals surface area contributed by atoms with Crippen LogP contribution in [0.1, 0.15) is 24.8 Å².